The fourth-order valence-corrected chi connectivity index (χ4v) is 6.29. The van der Waals surface area contributed by atoms with Gasteiger partial charge in [-0.3, -0.25) is 9.78 Å². The number of benzene rings is 3. The van der Waals surface area contributed by atoms with Crippen LogP contribution in [-0.2, 0) is 30.3 Å². The van der Waals surface area contributed by atoms with E-state index in [-0.39, 0.29) is 31.6 Å². The van der Waals surface area contributed by atoms with Gasteiger partial charge in [-0.2, -0.15) is 13.2 Å². The minimum atomic E-state index is -4.90. The molecule has 0 aliphatic heterocycles. The number of pyridine rings is 1. The number of alkyl halides is 3. The Labute approximate surface area is 306 Å². The molecule has 4 nitrogen and oxygen atoms in total. The van der Waals surface area contributed by atoms with E-state index in [0.717, 1.165) is 33.6 Å². The molecule has 8 heteroatoms. The number of hydrogen-bond donors (Lipinski definition) is 1. The van der Waals surface area contributed by atoms with Crippen molar-refractivity contribution in [2.75, 3.05) is 0 Å². The molecule has 1 N–H and O–H groups in total. The molecule has 3 aromatic carbocycles. The van der Waals surface area contributed by atoms with Gasteiger partial charge in [0, 0.05) is 54.9 Å². The molecule has 0 amide bonds. The number of fused-ring (bicyclic) bond motifs is 2. The summed E-state index contributed by atoms with van der Waals surface area (Å²) in [5, 5.41) is 12.4. The van der Waals surface area contributed by atoms with Gasteiger partial charge < -0.3 is 9.52 Å². The number of nitrogens with zero attached hydrogens (tertiary/aromatic N) is 1. The Morgan fingerprint density at radius 1 is 1.00 bits per heavy atom. The number of aliphatic hydroxyl groups is 1. The molecular formula is C42H45F3IrNO3-. The van der Waals surface area contributed by atoms with E-state index >= 15 is 0 Å². The van der Waals surface area contributed by atoms with Crippen molar-refractivity contribution >= 4 is 27.5 Å². The predicted molar refractivity (Wildman–Crippen MR) is 192 cm³/mol. The number of carbonyl (C=O) groups is 1. The Morgan fingerprint density at radius 3 is 2.32 bits per heavy atom. The fourth-order valence-electron chi connectivity index (χ4n) is 6.29. The number of aromatic nitrogens is 1. The number of ketones is 1. The largest absolute Gasteiger partial charge is 0.512 e. The predicted octanol–water partition coefficient (Wildman–Crippen LogP) is 12.3. The summed E-state index contributed by atoms with van der Waals surface area (Å²) in [4.78, 5) is 15.0. The molecule has 2 heterocycles. The molecule has 1 aliphatic carbocycles. The molecule has 0 bridgehead atoms. The number of furan rings is 1. The van der Waals surface area contributed by atoms with E-state index in [1.165, 1.54) is 61.4 Å². The van der Waals surface area contributed by atoms with Crippen molar-refractivity contribution in [3.8, 4) is 22.6 Å². The Bertz CT molecular complexity index is 1990. The summed E-state index contributed by atoms with van der Waals surface area (Å²) in [6.45, 7) is 14.6. The molecule has 1 radical (unpaired) electrons. The van der Waals surface area contributed by atoms with Crippen LogP contribution in [0, 0.1) is 17.4 Å². The van der Waals surface area contributed by atoms with Crippen LogP contribution in [0.2, 0.25) is 0 Å². The van der Waals surface area contributed by atoms with Crippen LogP contribution < -0.4 is 0 Å². The first-order chi connectivity index (χ1) is 22.9. The molecule has 0 atom stereocenters. The Morgan fingerprint density at radius 2 is 1.68 bits per heavy atom. The fraction of sp³-hybridized carbons (Fsp3) is 0.381. The Kier molecular flexibility index (Phi) is 11.9. The van der Waals surface area contributed by atoms with Gasteiger partial charge in [0.15, 0.2) is 0 Å². The van der Waals surface area contributed by atoms with Crippen molar-refractivity contribution in [2.24, 2.45) is 11.3 Å². The summed E-state index contributed by atoms with van der Waals surface area (Å²) >= 11 is 0. The molecule has 1 fully saturated rings. The minimum absolute atomic E-state index is 0. The van der Waals surface area contributed by atoms with Gasteiger partial charge in [-0.05, 0) is 72.3 Å². The summed E-state index contributed by atoms with van der Waals surface area (Å²) in [5.74, 6) is -1.52. The maximum Gasteiger partial charge on any atom is 0.454 e. The van der Waals surface area contributed by atoms with Gasteiger partial charge in [0.25, 0.3) is 5.78 Å². The maximum absolute atomic E-state index is 11.6. The third-order valence-electron chi connectivity index (χ3n) is 9.40. The van der Waals surface area contributed by atoms with Crippen molar-refractivity contribution < 1.29 is 47.6 Å². The number of halogens is 3. The Hall–Kier alpha value is -3.74. The zero-order valence-electron chi connectivity index (χ0n) is 29.7. The van der Waals surface area contributed by atoms with Crippen molar-refractivity contribution in [1.29, 1.82) is 0 Å². The molecule has 1 saturated carbocycles. The van der Waals surface area contributed by atoms with E-state index in [4.69, 9.17) is 14.5 Å². The van der Waals surface area contributed by atoms with Crippen LogP contribution in [0.4, 0.5) is 13.2 Å². The normalized spacial score (nSPS) is 15.5. The van der Waals surface area contributed by atoms with Crippen LogP contribution in [-0.4, -0.2) is 22.1 Å². The molecule has 50 heavy (non-hydrogen) atoms. The van der Waals surface area contributed by atoms with Crippen LogP contribution in [0.1, 0.15) is 91.2 Å². The molecule has 0 spiro atoms. The van der Waals surface area contributed by atoms with Crippen LogP contribution in [0.5, 0.6) is 0 Å². The third kappa shape index (κ3) is 9.32. The van der Waals surface area contributed by atoms with E-state index in [1.54, 1.807) is 0 Å². The van der Waals surface area contributed by atoms with Crippen molar-refractivity contribution in [1.82, 2.24) is 4.98 Å². The van der Waals surface area contributed by atoms with Crippen molar-refractivity contribution in [3.63, 3.8) is 0 Å². The average Bonchev–Trinajstić information content (AvgIpc) is 3.47. The number of rotatable bonds is 5. The second-order valence-corrected chi connectivity index (χ2v) is 15.3. The summed E-state index contributed by atoms with van der Waals surface area (Å²) in [6, 6.07) is 27.5. The number of carbonyl (C=O) groups excluding carboxylic acids is 1. The van der Waals surface area contributed by atoms with E-state index in [1.807, 2.05) is 12.3 Å². The molecular weight excluding hydrogens is 816 g/mol. The second-order valence-electron chi connectivity index (χ2n) is 15.3. The van der Waals surface area contributed by atoms with Gasteiger partial charge in [0.2, 0.25) is 0 Å². The van der Waals surface area contributed by atoms with Gasteiger partial charge in [0.05, 0.1) is 5.76 Å². The zero-order valence-corrected chi connectivity index (χ0v) is 32.1. The first kappa shape index (κ1) is 39.1. The molecule has 2 aromatic heterocycles. The number of aliphatic hydroxyl groups excluding tert-OH is 1. The van der Waals surface area contributed by atoms with Crippen molar-refractivity contribution in [2.45, 2.75) is 91.7 Å². The third-order valence-corrected chi connectivity index (χ3v) is 9.40. The van der Waals surface area contributed by atoms with Crippen LogP contribution >= 0.6 is 0 Å². The first-order valence-corrected chi connectivity index (χ1v) is 16.9. The monoisotopic (exact) mass is 861 g/mol. The average molecular weight is 861 g/mol. The van der Waals surface area contributed by atoms with Crippen LogP contribution in [0.15, 0.2) is 89.2 Å². The van der Waals surface area contributed by atoms with Gasteiger partial charge in [-0.15, -0.1) is 29.1 Å². The van der Waals surface area contributed by atoms with Gasteiger partial charge >= 0.3 is 6.18 Å². The van der Waals surface area contributed by atoms with Gasteiger partial charge in [-0.1, -0.05) is 89.7 Å². The molecule has 6 rings (SSSR count). The number of allylic oxidation sites excluding steroid dienone is 2. The van der Waals surface area contributed by atoms with Crippen LogP contribution in [0.3, 0.4) is 0 Å². The molecule has 5 aromatic rings. The molecule has 1 aliphatic rings. The Balaban J connectivity index is 0.000000373. The van der Waals surface area contributed by atoms with Gasteiger partial charge in [-0.25, -0.2) is 0 Å². The van der Waals surface area contributed by atoms with E-state index in [2.05, 4.69) is 101 Å². The summed E-state index contributed by atoms with van der Waals surface area (Å²) in [5.41, 5.74) is 7.19. The van der Waals surface area contributed by atoms with E-state index in [0.29, 0.717) is 11.3 Å². The zero-order chi connectivity index (χ0) is 35.7. The van der Waals surface area contributed by atoms with Gasteiger partial charge in [0.1, 0.15) is 11.3 Å². The van der Waals surface area contributed by atoms with E-state index in [9.17, 15) is 18.0 Å². The summed E-state index contributed by atoms with van der Waals surface area (Å²) in [6.07, 6.45) is 2.33. The standard InChI is InChI=1S/C35H36NO.C7H9F3O2.Ir/c1-34(2,3)30-20-27(19-25-8-6-7-9-29(25)30)31-21-26(14-17-36-31)33-22-28-18-24(10-11-32(28)37-33)23-12-15-35(4,5)16-13-23;1-4(2)5(11)3-6(12)7(8,9)10;/h6-11,14,17-18,20-23H,12-13,15-16H2,1-5H3;3-4,11H,1-2H3;/q-1;;/b;5-3-;. The smallest absolute Gasteiger partial charge is 0.454 e. The molecule has 0 unspecified atom stereocenters. The quantitative estimate of drug-likeness (QED) is 0.109. The second kappa shape index (κ2) is 15.2. The van der Waals surface area contributed by atoms with Crippen molar-refractivity contribution in [3.05, 3.63) is 102 Å². The summed E-state index contributed by atoms with van der Waals surface area (Å²) < 4.78 is 41.0. The first-order valence-electron chi connectivity index (χ1n) is 16.9. The number of hydrogen-bond acceptors (Lipinski definition) is 4. The van der Waals surface area contributed by atoms with Crippen LogP contribution in [0.25, 0.3) is 44.3 Å². The summed E-state index contributed by atoms with van der Waals surface area (Å²) in [7, 11) is 0. The maximum atomic E-state index is 11.6. The van der Waals surface area contributed by atoms with E-state index < -0.39 is 23.6 Å². The minimum Gasteiger partial charge on any atom is -0.512 e. The topological polar surface area (TPSA) is 63.3 Å². The molecule has 0 saturated heterocycles. The molecule has 267 valence electrons. The SMILES string of the molecule is CC(C)/C(O)=C/C(=O)C(F)(F)F.CC1(C)CCC(c2ccc3oc(-c4ccnc(-c5[c-]c6ccccc6c(C(C)(C)C)c5)c4)cc3c2)CC1.[Ir].